The fraction of sp³-hybridized carbons (Fsp3) is 0.0909. The molecule has 0 bridgehead atoms. The number of imidazole rings is 1. The first-order chi connectivity index (χ1) is 8.31. The molecule has 0 unspecified atom stereocenters. The van der Waals surface area contributed by atoms with Gasteiger partial charge in [-0.1, -0.05) is 6.07 Å². The van der Waals surface area contributed by atoms with Gasteiger partial charge in [0.15, 0.2) is 6.29 Å². The third-order valence-electron chi connectivity index (χ3n) is 2.16. The molecule has 0 saturated heterocycles. The van der Waals surface area contributed by atoms with Crippen molar-refractivity contribution in [3.8, 4) is 0 Å². The van der Waals surface area contributed by atoms with Crippen molar-refractivity contribution in [2.45, 2.75) is 6.54 Å². The highest BCUT2D eigenvalue weighted by Gasteiger charge is 2.12. The Hall–Kier alpha value is -2.50. The van der Waals surface area contributed by atoms with Gasteiger partial charge >= 0.3 is 0 Å². The van der Waals surface area contributed by atoms with E-state index in [1.165, 1.54) is 6.33 Å². The summed E-state index contributed by atoms with van der Waals surface area (Å²) in [5.74, 6) is -0.379. The van der Waals surface area contributed by atoms with Crippen LogP contribution in [0.1, 0.15) is 26.7 Å². The van der Waals surface area contributed by atoms with E-state index in [1.807, 2.05) is 6.07 Å². The molecule has 2 rings (SSSR count). The molecule has 0 aromatic carbocycles. The monoisotopic (exact) mass is 230 g/mol. The molecule has 0 radical (unpaired) electrons. The number of hydrogen-bond donors (Lipinski definition) is 2. The number of carbonyl (C=O) groups is 2. The second-order valence-corrected chi connectivity index (χ2v) is 3.28. The van der Waals surface area contributed by atoms with E-state index in [-0.39, 0.29) is 17.3 Å². The highest BCUT2D eigenvalue weighted by atomic mass is 16.2. The van der Waals surface area contributed by atoms with Crippen LogP contribution in [0.2, 0.25) is 0 Å². The van der Waals surface area contributed by atoms with Crippen molar-refractivity contribution >= 4 is 12.2 Å². The molecule has 17 heavy (non-hydrogen) atoms. The number of amides is 1. The summed E-state index contributed by atoms with van der Waals surface area (Å²) < 4.78 is 0. The van der Waals surface area contributed by atoms with Gasteiger partial charge in [0.2, 0.25) is 0 Å². The maximum absolute atomic E-state index is 11.7. The van der Waals surface area contributed by atoms with Crippen molar-refractivity contribution in [3.63, 3.8) is 0 Å². The molecule has 0 aliphatic rings. The van der Waals surface area contributed by atoms with E-state index in [9.17, 15) is 9.59 Å². The zero-order chi connectivity index (χ0) is 12.1. The number of aromatic amines is 1. The molecule has 2 N–H and O–H groups in total. The third-order valence-corrected chi connectivity index (χ3v) is 2.16. The Morgan fingerprint density at radius 3 is 3.00 bits per heavy atom. The van der Waals surface area contributed by atoms with Gasteiger partial charge in [-0.2, -0.15) is 0 Å². The van der Waals surface area contributed by atoms with Gasteiger partial charge < -0.3 is 10.3 Å². The maximum atomic E-state index is 11.7. The number of H-pyrrole nitrogens is 1. The summed E-state index contributed by atoms with van der Waals surface area (Å²) in [7, 11) is 0. The Morgan fingerprint density at radius 2 is 2.29 bits per heavy atom. The van der Waals surface area contributed by atoms with E-state index >= 15 is 0 Å². The van der Waals surface area contributed by atoms with Crippen molar-refractivity contribution in [2.24, 2.45) is 0 Å². The molecule has 2 heterocycles. The SMILES string of the molecule is O=Cc1nc[nH]c1C(=O)NCc1ccccn1. The van der Waals surface area contributed by atoms with Crippen LogP contribution in [0.3, 0.4) is 0 Å². The second-order valence-electron chi connectivity index (χ2n) is 3.28. The molecule has 2 aromatic heterocycles. The van der Waals surface area contributed by atoms with Crippen molar-refractivity contribution in [1.82, 2.24) is 20.3 Å². The average Bonchev–Trinajstić information content (AvgIpc) is 2.85. The molecular weight excluding hydrogens is 220 g/mol. The summed E-state index contributed by atoms with van der Waals surface area (Å²) >= 11 is 0. The molecule has 0 atom stereocenters. The van der Waals surface area contributed by atoms with E-state index in [0.29, 0.717) is 12.8 Å². The molecule has 0 aliphatic heterocycles. The highest BCUT2D eigenvalue weighted by Crippen LogP contribution is 2.00. The van der Waals surface area contributed by atoms with Crippen molar-refractivity contribution < 1.29 is 9.59 Å². The lowest BCUT2D eigenvalue weighted by molar-refractivity contribution is 0.0940. The lowest BCUT2D eigenvalue weighted by Crippen LogP contribution is -2.24. The zero-order valence-corrected chi connectivity index (χ0v) is 8.88. The smallest absolute Gasteiger partial charge is 0.270 e. The normalized spacial score (nSPS) is 9.88. The summed E-state index contributed by atoms with van der Waals surface area (Å²) in [6.45, 7) is 0.303. The van der Waals surface area contributed by atoms with Gasteiger partial charge in [0.25, 0.3) is 5.91 Å². The third kappa shape index (κ3) is 2.54. The maximum Gasteiger partial charge on any atom is 0.270 e. The zero-order valence-electron chi connectivity index (χ0n) is 8.88. The predicted octanol–water partition coefficient (Wildman–Crippen LogP) is 0.547. The van der Waals surface area contributed by atoms with Crippen LogP contribution in [-0.2, 0) is 6.54 Å². The van der Waals surface area contributed by atoms with Crippen LogP contribution in [0.15, 0.2) is 30.7 Å². The number of aromatic nitrogens is 3. The molecule has 0 fully saturated rings. The average molecular weight is 230 g/mol. The lowest BCUT2D eigenvalue weighted by Gasteiger charge is -2.02. The summed E-state index contributed by atoms with van der Waals surface area (Å²) in [6, 6.07) is 5.43. The molecule has 0 spiro atoms. The van der Waals surface area contributed by atoms with Gasteiger partial charge in [-0.05, 0) is 12.1 Å². The van der Waals surface area contributed by atoms with Crippen LogP contribution in [0, 0.1) is 0 Å². The van der Waals surface area contributed by atoms with Crippen LogP contribution in [0.5, 0.6) is 0 Å². The van der Waals surface area contributed by atoms with Crippen LogP contribution in [0.4, 0.5) is 0 Å². The van der Waals surface area contributed by atoms with Crippen LogP contribution in [0.25, 0.3) is 0 Å². The highest BCUT2D eigenvalue weighted by molar-refractivity contribution is 5.98. The van der Waals surface area contributed by atoms with E-state index in [0.717, 1.165) is 5.69 Å². The number of carbonyl (C=O) groups excluding carboxylic acids is 2. The van der Waals surface area contributed by atoms with Gasteiger partial charge in [-0.15, -0.1) is 0 Å². The lowest BCUT2D eigenvalue weighted by atomic mass is 10.3. The van der Waals surface area contributed by atoms with Gasteiger partial charge in [-0.3, -0.25) is 14.6 Å². The molecular formula is C11H10N4O2. The van der Waals surface area contributed by atoms with Gasteiger partial charge in [0.1, 0.15) is 11.4 Å². The number of rotatable bonds is 4. The summed E-state index contributed by atoms with van der Waals surface area (Å²) in [4.78, 5) is 32.7. The van der Waals surface area contributed by atoms with Gasteiger partial charge in [0.05, 0.1) is 18.6 Å². The first-order valence-electron chi connectivity index (χ1n) is 4.98. The first-order valence-corrected chi connectivity index (χ1v) is 4.98. The number of nitrogens with one attached hydrogen (secondary N) is 2. The topological polar surface area (TPSA) is 87.7 Å². The minimum atomic E-state index is -0.379. The summed E-state index contributed by atoms with van der Waals surface area (Å²) in [5.41, 5.74) is 1.01. The summed E-state index contributed by atoms with van der Waals surface area (Å²) in [5, 5.41) is 2.64. The Bertz CT molecular complexity index is 521. The Balaban J connectivity index is 2.01. The van der Waals surface area contributed by atoms with E-state index in [2.05, 4.69) is 20.3 Å². The van der Waals surface area contributed by atoms with Crippen molar-refractivity contribution in [1.29, 1.82) is 0 Å². The minimum absolute atomic E-state index is 0.100. The Labute approximate surface area is 97.1 Å². The molecule has 0 saturated carbocycles. The number of pyridine rings is 1. The van der Waals surface area contributed by atoms with E-state index in [1.54, 1.807) is 18.3 Å². The molecule has 0 aliphatic carbocycles. The molecule has 86 valence electrons. The largest absolute Gasteiger partial charge is 0.345 e. The fourth-order valence-electron chi connectivity index (χ4n) is 1.34. The Kier molecular flexibility index (Phi) is 3.25. The van der Waals surface area contributed by atoms with E-state index < -0.39 is 0 Å². The fourth-order valence-corrected chi connectivity index (χ4v) is 1.34. The molecule has 6 heteroatoms. The van der Waals surface area contributed by atoms with E-state index in [4.69, 9.17) is 0 Å². The number of nitrogens with zero attached hydrogens (tertiary/aromatic N) is 2. The molecule has 6 nitrogen and oxygen atoms in total. The molecule has 2 aromatic rings. The number of hydrogen-bond acceptors (Lipinski definition) is 4. The standard InChI is InChI=1S/C11H10N4O2/c16-6-9-10(15-7-14-9)11(17)13-5-8-3-1-2-4-12-8/h1-4,6-7H,5H2,(H,13,17)(H,14,15). The number of aldehydes is 1. The molecule has 1 amide bonds. The van der Waals surface area contributed by atoms with Crippen molar-refractivity contribution in [3.05, 3.63) is 47.8 Å². The van der Waals surface area contributed by atoms with Crippen molar-refractivity contribution in [2.75, 3.05) is 0 Å². The predicted molar refractivity (Wildman–Crippen MR) is 59.4 cm³/mol. The minimum Gasteiger partial charge on any atom is -0.345 e. The second kappa shape index (κ2) is 5.02. The van der Waals surface area contributed by atoms with Gasteiger partial charge in [-0.25, -0.2) is 4.98 Å². The summed E-state index contributed by atoms with van der Waals surface area (Å²) in [6.07, 6.45) is 3.49. The quantitative estimate of drug-likeness (QED) is 0.751. The van der Waals surface area contributed by atoms with Crippen LogP contribution >= 0.6 is 0 Å². The van der Waals surface area contributed by atoms with Crippen LogP contribution in [-0.4, -0.2) is 27.1 Å². The Morgan fingerprint density at radius 1 is 1.41 bits per heavy atom. The van der Waals surface area contributed by atoms with Crippen LogP contribution < -0.4 is 5.32 Å². The first kappa shape index (κ1) is 11.0. The van der Waals surface area contributed by atoms with Gasteiger partial charge in [0, 0.05) is 6.20 Å².